The molecule has 160 valence electrons. The number of alkyl halides is 3. The summed E-state index contributed by atoms with van der Waals surface area (Å²) >= 11 is 0. The number of anilines is 1. The van der Waals surface area contributed by atoms with Crippen LogP contribution in [0.2, 0.25) is 0 Å². The molecule has 0 spiro atoms. The molecule has 4 aromatic heterocycles. The zero-order valence-electron chi connectivity index (χ0n) is 16.3. The van der Waals surface area contributed by atoms with Crippen LogP contribution in [0.5, 0.6) is 0 Å². The molecule has 0 amide bonds. The van der Waals surface area contributed by atoms with Gasteiger partial charge in [-0.15, -0.1) is 0 Å². The molecule has 0 radical (unpaired) electrons. The number of hydrogen-bond acceptors (Lipinski definition) is 7. The lowest BCUT2D eigenvalue weighted by Gasteiger charge is -2.36. The van der Waals surface area contributed by atoms with Crippen LogP contribution in [0, 0.1) is 0 Å². The Hall–Kier alpha value is -3.54. The van der Waals surface area contributed by atoms with Crippen LogP contribution in [0.25, 0.3) is 17.0 Å². The third-order valence-electron chi connectivity index (χ3n) is 5.03. The molecule has 1 aliphatic rings. The molecule has 1 aliphatic heterocycles. The van der Waals surface area contributed by atoms with Gasteiger partial charge in [-0.25, -0.2) is 19.9 Å². The van der Waals surface area contributed by atoms with Gasteiger partial charge in [-0.3, -0.25) is 9.50 Å². The largest absolute Gasteiger partial charge is 0.434 e. The summed E-state index contributed by atoms with van der Waals surface area (Å²) in [5, 5.41) is 6.75. The van der Waals surface area contributed by atoms with Gasteiger partial charge in [0.25, 0.3) is 0 Å². The van der Waals surface area contributed by atoms with Crippen LogP contribution in [-0.4, -0.2) is 53.7 Å². The maximum atomic E-state index is 13.1. The van der Waals surface area contributed by atoms with E-state index in [9.17, 15) is 13.2 Å². The second-order valence-corrected chi connectivity index (χ2v) is 7.26. The predicted octanol–water partition coefficient (Wildman–Crippen LogP) is 2.89. The van der Waals surface area contributed by atoms with Crippen molar-refractivity contribution in [1.82, 2.24) is 34.5 Å². The summed E-state index contributed by atoms with van der Waals surface area (Å²) in [5.41, 5.74) is 1.08. The number of aromatic amines is 1. The molecule has 0 aliphatic carbocycles. The molecule has 2 unspecified atom stereocenters. The molecule has 12 heteroatoms. The van der Waals surface area contributed by atoms with E-state index in [0.717, 1.165) is 18.0 Å². The zero-order chi connectivity index (χ0) is 21.6. The Labute approximate surface area is 173 Å². The van der Waals surface area contributed by atoms with Gasteiger partial charge in [0.2, 0.25) is 5.95 Å². The molecule has 0 bridgehead atoms. The van der Waals surface area contributed by atoms with Gasteiger partial charge < -0.3 is 9.64 Å². The average Bonchev–Trinajstić information content (AvgIpc) is 3.42. The molecule has 2 atom stereocenters. The first-order chi connectivity index (χ1) is 14.9. The summed E-state index contributed by atoms with van der Waals surface area (Å²) in [7, 11) is 0. The van der Waals surface area contributed by atoms with Crippen molar-refractivity contribution in [1.29, 1.82) is 0 Å². The van der Waals surface area contributed by atoms with Gasteiger partial charge >= 0.3 is 6.18 Å². The van der Waals surface area contributed by atoms with E-state index >= 15 is 0 Å². The monoisotopic (exact) mass is 430 g/mol. The summed E-state index contributed by atoms with van der Waals surface area (Å²) in [6.45, 7) is 3.05. The highest BCUT2D eigenvalue weighted by Crippen LogP contribution is 2.30. The number of H-pyrrole nitrogens is 1. The van der Waals surface area contributed by atoms with Gasteiger partial charge in [-0.05, 0) is 13.0 Å². The summed E-state index contributed by atoms with van der Waals surface area (Å²) in [4.78, 5) is 18.6. The van der Waals surface area contributed by atoms with E-state index in [-0.39, 0.29) is 12.2 Å². The lowest BCUT2D eigenvalue weighted by molar-refractivity contribution is -0.141. The molecule has 0 saturated carbocycles. The normalized spacial score (nSPS) is 19.8. The lowest BCUT2D eigenvalue weighted by Crippen LogP contribution is -2.43. The van der Waals surface area contributed by atoms with Crippen LogP contribution in [0.1, 0.15) is 24.3 Å². The van der Waals surface area contributed by atoms with E-state index in [1.54, 1.807) is 24.7 Å². The van der Waals surface area contributed by atoms with Gasteiger partial charge in [-0.1, -0.05) is 0 Å². The first-order valence-electron chi connectivity index (χ1n) is 9.51. The standard InChI is InChI=1S/C19H17F3N8O/c1-11-8-29(9-15(31-11)12-4-26-27-5-12)18-23-3-2-13(28-18)14-6-25-17-7-24-16(10-30(14)17)19(20,21)22/h2-7,10-11,15H,8-9H2,1H3,(H,26,27). The molecule has 5 rings (SSSR count). The fourth-order valence-electron chi connectivity index (χ4n) is 3.60. The van der Waals surface area contributed by atoms with Gasteiger partial charge in [0, 0.05) is 30.7 Å². The van der Waals surface area contributed by atoms with E-state index in [1.165, 1.54) is 10.6 Å². The molecule has 4 aromatic rings. The quantitative estimate of drug-likeness (QED) is 0.534. The van der Waals surface area contributed by atoms with Crippen LogP contribution in [0.15, 0.2) is 43.2 Å². The van der Waals surface area contributed by atoms with Crippen molar-refractivity contribution in [3.05, 3.63) is 54.5 Å². The topological polar surface area (TPSA) is 97.1 Å². The highest BCUT2D eigenvalue weighted by Gasteiger charge is 2.33. The molecular formula is C19H17F3N8O. The van der Waals surface area contributed by atoms with Crippen LogP contribution in [0.4, 0.5) is 19.1 Å². The van der Waals surface area contributed by atoms with Gasteiger partial charge in [0.15, 0.2) is 11.3 Å². The van der Waals surface area contributed by atoms with Gasteiger partial charge in [-0.2, -0.15) is 18.3 Å². The Morgan fingerprint density at radius 1 is 1.13 bits per heavy atom. The van der Waals surface area contributed by atoms with Crippen molar-refractivity contribution in [2.45, 2.75) is 25.3 Å². The molecule has 1 fully saturated rings. The number of fused-ring (bicyclic) bond motifs is 1. The number of aromatic nitrogens is 7. The van der Waals surface area contributed by atoms with Crippen molar-refractivity contribution >= 4 is 11.6 Å². The number of imidazole rings is 1. The minimum absolute atomic E-state index is 0.0721. The highest BCUT2D eigenvalue weighted by molar-refractivity contribution is 5.60. The van der Waals surface area contributed by atoms with E-state index in [2.05, 4.69) is 30.1 Å². The first kappa shape index (κ1) is 19.4. The predicted molar refractivity (Wildman–Crippen MR) is 103 cm³/mol. The Morgan fingerprint density at radius 3 is 2.77 bits per heavy atom. The molecule has 0 aromatic carbocycles. The van der Waals surface area contributed by atoms with Crippen molar-refractivity contribution in [2.75, 3.05) is 18.0 Å². The summed E-state index contributed by atoms with van der Waals surface area (Å²) in [6, 6.07) is 1.64. The van der Waals surface area contributed by atoms with Crippen LogP contribution < -0.4 is 4.90 Å². The fourth-order valence-corrected chi connectivity index (χ4v) is 3.60. The molecule has 1 N–H and O–H groups in total. The number of morpholine rings is 1. The van der Waals surface area contributed by atoms with E-state index in [0.29, 0.717) is 36.1 Å². The number of hydrogen-bond donors (Lipinski definition) is 1. The second kappa shape index (κ2) is 7.30. The lowest BCUT2D eigenvalue weighted by atomic mass is 10.1. The number of rotatable bonds is 3. The fraction of sp³-hybridized carbons (Fsp3) is 0.316. The number of nitrogens with one attached hydrogen (secondary N) is 1. The Kier molecular flexibility index (Phi) is 4.58. The third-order valence-corrected chi connectivity index (χ3v) is 5.03. The number of ether oxygens (including phenoxy) is 1. The Morgan fingerprint density at radius 2 is 2.00 bits per heavy atom. The van der Waals surface area contributed by atoms with Gasteiger partial charge in [0.05, 0.1) is 42.6 Å². The van der Waals surface area contributed by atoms with E-state index in [4.69, 9.17) is 4.74 Å². The number of nitrogens with zero attached hydrogens (tertiary/aromatic N) is 7. The average molecular weight is 430 g/mol. The minimum Gasteiger partial charge on any atom is -0.367 e. The second-order valence-electron chi connectivity index (χ2n) is 7.26. The van der Waals surface area contributed by atoms with Crippen LogP contribution in [-0.2, 0) is 10.9 Å². The van der Waals surface area contributed by atoms with E-state index < -0.39 is 11.9 Å². The molecule has 31 heavy (non-hydrogen) atoms. The van der Waals surface area contributed by atoms with Crippen LogP contribution in [0.3, 0.4) is 0 Å². The zero-order valence-corrected chi connectivity index (χ0v) is 16.3. The van der Waals surface area contributed by atoms with Crippen molar-refractivity contribution in [3.63, 3.8) is 0 Å². The Bertz CT molecular complexity index is 1210. The smallest absolute Gasteiger partial charge is 0.367 e. The van der Waals surface area contributed by atoms with Crippen LogP contribution >= 0.6 is 0 Å². The SMILES string of the molecule is CC1CN(c2nccc(-c3cnc4cnc(C(F)(F)F)cn34)n2)CC(c2cn[nH]c2)O1. The third kappa shape index (κ3) is 3.69. The van der Waals surface area contributed by atoms with E-state index in [1.807, 2.05) is 11.8 Å². The first-order valence-corrected chi connectivity index (χ1v) is 9.51. The van der Waals surface area contributed by atoms with Crippen molar-refractivity contribution in [3.8, 4) is 11.4 Å². The molecular weight excluding hydrogens is 413 g/mol. The summed E-state index contributed by atoms with van der Waals surface area (Å²) in [5.74, 6) is 0.459. The van der Waals surface area contributed by atoms with Crippen molar-refractivity contribution in [2.24, 2.45) is 0 Å². The number of halogens is 3. The summed E-state index contributed by atoms with van der Waals surface area (Å²) in [6.07, 6.45) is 3.72. The summed E-state index contributed by atoms with van der Waals surface area (Å²) < 4.78 is 46.7. The van der Waals surface area contributed by atoms with Gasteiger partial charge in [0.1, 0.15) is 6.10 Å². The molecule has 9 nitrogen and oxygen atoms in total. The maximum absolute atomic E-state index is 13.1. The minimum atomic E-state index is -4.56. The molecule has 5 heterocycles. The molecule has 1 saturated heterocycles. The van der Waals surface area contributed by atoms with Crippen molar-refractivity contribution < 1.29 is 17.9 Å². The maximum Gasteiger partial charge on any atom is 0.434 e. The highest BCUT2D eigenvalue weighted by atomic mass is 19.4. The Balaban J connectivity index is 1.49.